The van der Waals surface area contributed by atoms with Gasteiger partial charge in [0.2, 0.25) is 0 Å². The number of carbonyl (C=O) groups excluding carboxylic acids is 1. The summed E-state index contributed by atoms with van der Waals surface area (Å²) in [6, 6.07) is 7.56. The number of nitriles is 1. The van der Waals surface area contributed by atoms with E-state index in [1.165, 1.54) is 18.3 Å². The Labute approximate surface area is 132 Å². The van der Waals surface area contributed by atoms with E-state index in [4.69, 9.17) is 10.1 Å². The van der Waals surface area contributed by atoms with Crippen molar-refractivity contribution in [3.63, 3.8) is 0 Å². The summed E-state index contributed by atoms with van der Waals surface area (Å²) >= 11 is 0. The molecule has 1 rings (SSSR count). The minimum Gasteiger partial charge on any atom is -0.390 e. The summed E-state index contributed by atoms with van der Waals surface area (Å²) in [5, 5.41) is 25.1. The van der Waals surface area contributed by atoms with Gasteiger partial charge in [0.15, 0.2) is 0 Å². The van der Waals surface area contributed by atoms with Gasteiger partial charge in [-0.1, -0.05) is 5.16 Å². The second-order valence-corrected chi connectivity index (χ2v) is 4.52. The lowest BCUT2D eigenvalue weighted by Gasteiger charge is -2.05. The van der Waals surface area contributed by atoms with Crippen LogP contribution in [0.15, 0.2) is 41.2 Å². The van der Waals surface area contributed by atoms with Gasteiger partial charge < -0.3 is 15.1 Å². The van der Waals surface area contributed by atoms with Crippen molar-refractivity contribution in [2.24, 2.45) is 5.16 Å². The lowest BCUT2D eigenvalue weighted by molar-refractivity contribution is -0.384. The summed E-state index contributed by atoms with van der Waals surface area (Å²) in [7, 11) is 3.37. The number of non-ortho nitro benzene ring substituents is 1. The second kappa shape index (κ2) is 8.78. The normalized spacial score (nSPS) is 10.9. The third-order valence-electron chi connectivity index (χ3n) is 2.45. The lowest BCUT2D eigenvalue weighted by atomic mass is 10.2. The smallest absolute Gasteiger partial charge is 0.269 e. The number of hydrogen-bond donors (Lipinski definition) is 1. The highest BCUT2D eigenvalue weighted by molar-refractivity contribution is 6.02. The molecular formula is C14H15N5O4. The van der Waals surface area contributed by atoms with Crippen LogP contribution in [0.1, 0.15) is 5.56 Å². The Balaban J connectivity index is 2.44. The van der Waals surface area contributed by atoms with E-state index < -0.39 is 10.8 Å². The molecule has 1 N–H and O–H groups in total. The zero-order valence-electron chi connectivity index (χ0n) is 12.6. The Morgan fingerprint density at radius 2 is 2.13 bits per heavy atom. The van der Waals surface area contributed by atoms with Gasteiger partial charge >= 0.3 is 0 Å². The molecule has 0 aliphatic carbocycles. The van der Waals surface area contributed by atoms with Crippen LogP contribution < -0.4 is 5.32 Å². The largest absolute Gasteiger partial charge is 0.390 e. The van der Waals surface area contributed by atoms with Crippen LogP contribution in [0.5, 0.6) is 0 Å². The molecule has 1 aromatic carbocycles. The standard InChI is InChI=1S/C14H15N5O4/c1-18(2)8-12(7-15)14(20)16-10-17-23-9-11-3-5-13(6-4-11)19(21)22/h3-6,8,10H,9H2,1-2H3,(H,16,17,20)/b12-8+. The number of benzene rings is 1. The molecule has 1 aromatic rings. The first-order valence-corrected chi connectivity index (χ1v) is 6.40. The van der Waals surface area contributed by atoms with Crippen molar-refractivity contribution in [2.45, 2.75) is 6.61 Å². The maximum absolute atomic E-state index is 11.6. The molecule has 0 bridgehead atoms. The molecule has 0 fully saturated rings. The highest BCUT2D eigenvalue weighted by Gasteiger charge is 2.07. The van der Waals surface area contributed by atoms with Crippen molar-refractivity contribution in [1.29, 1.82) is 5.26 Å². The number of hydrogen-bond acceptors (Lipinski definition) is 7. The van der Waals surface area contributed by atoms with Crippen molar-refractivity contribution >= 4 is 17.9 Å². The van der Waals surface area contributed by atoms with Gasteiger partial charge in [0, 0.05) is 32.4 Å². The third-order valence-corrected chi connectivity index (χ3v) is 2.45. The van der Waals surface area contributed by atoms with Gasteiger partial charge in [-0.15, -0.1) is 0 Å². The summed E-state index contributed by atoms with van der Waals surface area (Å²) in [4.78, 5) is 28.1. The average Bonchev–Trinajstić information content (AvgIpc) is 2.52. The zero-order valence-corrected chi connectivity index (χ0v) is 12.6. The summed E-state index contributed by atoms with van der Waals surface area (Å²) < 4.78 is 0. The number of oxime groups is 1. The fourth-order valence-corrected chi connectivity index (χ4v) is 1.42. The minimum atomic E-state index is -0.608. The molecule has 0 heterocycles. The number of rotatable bonds is 7. The van der Waals surface area contributed by atoms with E-state index in [1.54, 1.807) is 37.2 Å². The van der Waals surface area contributed by atoms with Gasteiger partial charge in [-0.3, -0.25) is 14.9 Å². The summed E-state index contributed by atoms with van der Waals surface area (Å²) in [6.45, 7) is 0.0863. The van der Waals surface area contributed by atoms with Gasteiger partial charge in [-0.25, -0.2) is 0 Å². The summed E-state index contributed by atoms with van der Waals surface area (Å²) in [6.07, 6.45) is 2.40. The first kappa shape index (κ1) is 17.6. The minimum absolute atomic E-state index is 0.0128. The number of carbonyl (C=O) groups is 1. The van der Waals surface area contributed by atoms with E-state index in [2.05, 4.69) is 10.5 Å². The van der Waals surface area contributed by atoms with Crippen LogP contribution in [-0.2, 0) is 16.2 Å². The van der Waals surface area contributed by atoms with Crippen molar-refractivity contribution < 1.29 is 14.6 Å². The predicted octanol–water partition coefficient (Wildman–Crippen LogP) is 1.14. The van der Waals surface area contributed by atoms with Crippen LogP contribution in [0.4, 0.5) is 5.69 Å². The van der Waals surface area contributed by atoms with Crippen LogP contribution in [0, 0.1) is 21.4 Å². The van der Waals surface area contributed by atoms with E-state index in [-0.39, 0.29) is 17.9 Å². The molecule has 9 heteroatoms. The molecule has 0 unspecified atom stereocenters. The number of amides is 1. The Morgan fingerprint density at radius 3 is 2.65 bits per heavy atom. The maximum Gasteiger partial charge on any atom is 0.269 e. The molecule has 0 aromatic heterocycles. The maximum atomic E-state index is 11.6. The topological polar surface area (TPSA) is 121 Å². The molecule has 0 saturated carbocycles. The third kappa shape index (κ3) is 6.26. The zero-order chi connectivity index (χ0) is 17.2. The fourth-order valence-electron chi connectivity index (χ4n) is 1.42. The van der Waals surface area contributed by atoms with Crippen LogP contribution in [0.3, 0.4) is 0 Å². The molecule has 0 spiro atoms. The Kier molecular flexibility index (Phi) is 6.74. The molecule has 0 aliphatic rings. The van der Waals surface area contributed by atoms with E-state index in [0.717, 1.165) is 6.34 Å². The molecule has 9 nitrogen and oxygen atoms in total. The fraction of sp³-hybridized carbons (Fsp3) is 0.214. The Morgan fingerprint density at radius 1 is 1.48 bits per heavy atom. The van der Waals surface area contributed by atoms with Gasteiger partial charge in [0.1, 0.15) is 24.6 Å². The van der Waals surface area contributed by atoms with Gasteiger partial charge in [0.05, 0.1) is 4.92 Å². The predicted molar refractivity (Wildman–Crippen MR) is 81.9 cm³/mol. The summed E-state index contributed by atoms with van der Waals surface area (Å²) in [5.41, 5.74) is 0.599. The molecule has 0 saturated heterocycles. The molecular weight excluding hydrogens is 302 g/mol. The highest BCUT2D eigenvalue weighted by Crippen LogP contribution is 2.12. The second-order valence-electron chi connectivity index (χ2n) is 4.52. The van der Waals surface area contributed by atoms with Crippen molar-refractivity contribution in [3.05, 3.63) is 51.7 Å². The molecule has 1 amide bonds. The first-order chi connectivity index (χ1) is 10.9. The Bertz CT molecular complexity index is 659. The Hall–Kier alpha value is -3.41. The first-order valence-electron chi connectivity index (χ1n) is 6.40. The highest BCUT2D eigenvalue weighted by atomic mass is 16.6. The SMILES string of the molecule is CN(C)/C=C(\C#N)C(=O)NC=NOCc1ccc([N+](=O)[O-])cc1. The molecule has 0 radical (unpaired) electrons. The monoisotopic (exact) mass is 317 g/mol. The van der Waals surface area contributed by atoms with Gasteiger partial charge in [0.25, 0.3) is 11.6 Å². The lowest BCUT2D eigenvalue weighted by Crippen LogP contribution is -2.24. The number of nitrogens with zero attached hydrogens (tertiary/aromatic N) is 4. The van der Waals surface area contributed by atoms with E-state index >= 15 is 0 Å². The number of nitro groups is 1. The van der Waals surface area contributed by atoms with E-state index in [0.29, 0.717) is 5.56 Å². The van der Waals surface area contributed by atoms with Crippen LogP contribution in [0.25, 0.3) is 0 Å². The molecule has 120 valence electrons. The summed E-state index contributed by atoms with van der Waals surface area (Å²) in [5.74, 6) is -0.608. The van der Waals surface area contributed by atoms with Crippen LogP contribution in [0.2, 0.25) is 0 Å². The molecule has 0 aliphatic heterocycles. The van der Waals surface area contributed by atoms with Crippen molar-refractivity contribution in [3.8, 4) is 6.07 Å². The van der Waals surface area contributed by atoms with E-state index in [1.807, 2.05) is 0 Å². The van der Waals surface area contributed by atoms with Crippen molar-refractivity contribution in [1.82, 2.24) is 10.2 Å². The number of nitro benzene ring substituents is 1. The average molecular weight is 317 g/mol. The van der Waals surface area contributed by atoms with E-state index in [9.17, 15) is 14.9 Å². The van der Waals surface area contributed by atoms with Crippen LogP contribution >= 0.6 is 0 Å². The quantitative estimate of drug-likeness (QED) is 0.201. The van der Waals surface area contributed by atoms with Gasteiger partial charge in [-0.2, -0.15) is 5.26 Å². The molecule has 23 heavy (non-hydrogen) atoms. The van der Waals surface area contributed by atoms with Gasteiger partial charge in [-0.05, 0) is 17.7 Å². The van der Waals surface area contributed by atoms with Crippen molar-refractivity contribution in [2.75, 3.05) is 14.1 Å². The molecule has 0 atom stereocenters. The number of nitrogens with one attached hydrogen (secondary N) is 1. The van der Waals surface area contributed by atoms with Crippen LogP contribution in [-0.4, -0.2) is 36.2 Å².